The van der Waals surface area contributed by atoms with Gasteiger partial charge in [-0.05, 0) is 25.5 Å². The number of carbonyl (C=O) groups excluding carboxylic acids is 1. The number of hydrogen-bond donors (Lipinski definition) is 0. The van der Waals surface area contributed by atoms with Crippen molar-refractivity contribution in [2.24, 2.45) is 0 Å². The van der Waals surface area contributed by atoms with Crippen LogP contribution >= 0.6 is 11.6 Å². The average Bonchev–Trinajstić information content (AvgIpc) is 2.27. The van der Waals surface area contributed by atoms with E-state index in [9.17, 15) is 4.79 Å². The second-order valence-electron chi connectivity index (χ2n) is 3.19. The van der Waals surface area contributed by atoms with Crippen LogP contribution in [0.1, 0.15) is 19.8 Å². The molecular weight excluding hydrogens is 228 g/mol. The van der Waals surface area contributed by atoms with Crippen LogP contribution in [0.25, 0.3) is 0 Å². The third-order valence-electron chi connectivity index (χ3n) is 1.92. The molecule has 0 amide bonds. The Bertz CT molecular complexity index is 339. The summed E-state index contributed by atoms with van der Waals surface area (Å²) in [6.45, 7) is 2.67. The summed E-state index contributed by atoms with van der Waals surface area (Å²) in [4.78, 5) is 11.0. The molecule has 4 heteroatoms. The second kappa shape index (κ2) is 7.12. The van der Waals surface area contributed by atoms with Crippen molar-refractivity contribution in [1.29, 1.82) is 0 Å². The van der Waals surface area contributed by atoms with Crippen LogP contribution in [0, 0.1) is 0 Å². The minimum Gasteiger partial charge on any atom is -0.492 e. The van der Waals surface area contributed by atoms with Crippen molar-refractivity contribution in [3.05, 3.63) is 29.3 Å². The number of halogens is 1. The van der Waals surface area contributed by atoms with Crippen LogP contribution in [0.15, 0.2) is 24.3 Å². The number of esters is 1. The normalized spacial score (nSPS) is 9.88. The molecule has 0 aliphatic carbocycles. The predicted octanol–water partition coefficient (Wildman–Crippen LogP) is 3.06. The molecule has 0 spiro atoms. The average molecular weight is 243 g/mol. The third kappa shape index (κ3) is 4.53. The monoisotopic (exact) mass is 242 g/mol. The molecule has 1 aromatic carbocycles. The van der Waals surface area contributed by atoms with E-state index in [1.807, 2.05) is 12.1 Å². The summed E-state index contributed by atoms with van der Waals surface area (Å²) < 4.78 is 10.2. The largest absolute Gasteiger partial charge is 0.492 e. The molecule has 0 radical (unpaired) electrons. The smallest absolute Gasteiger partial charge is 0.305 e. The number of rotatable bonds is 6. The summed E-state index contributed by atoms with van der Waals surface area (Å²) in [6.07, 6.45) is 1.00. The molecule has 0 N–H and O–H groups in total. The van der Waals surface area contributed by atoms with Gasteiger partial charge in [0.05, 0.1) is 18.2 Å². The zero-order valence-electron chi connectivity index (χ0n) is 9.24. The van der Waals surface area contributed by atoms with E-state index >= 15 is 0 Å². The Balaban J connectivity index is 2.21. The highest BCUT2D eigenvalue weighted by atomic mass is 35.5. The second-order valence-corrected chi connectivity index (χ2v) is 3.59. The summed E-state index contributed by atoms with van der Waals surface area (Å²) in [6, 6.07) is 7.26. The quantitative estimate of drug-likeness (QED) is 0.568. The maximum Gasteiger partial charge on any atom is 0.305 e. The van der Waals surface area contributed by atoms with Crippen LogP contribution in [0.3, 0.4) is 0 Å². The highest BCUT2D eigenvalue weighted by Gasteiger charge is 2.03. The van der Waals surface area contributed by atoms with Gasteiger partial charge in [0.25, 0.3) is 0 Å². The van der Waals surface area contributed by atoms with Crippen molar-refractivity contribution >= 4 is 17.6 Å². The minimum atomic E-state index is -0.190. The molecule has 0 atom stereocenters. The summed E-state index contributed by atoms with van der Waals surface area (Å²) in [5.74, 6) is 0.457. The van der Waals surface area contributed by atoms with Crippen LogP contribution in [-0.2, 0) is 9.53 Å². The molecule has 1 aromatic rings. The number of benzene rings is 1. The van der Waals surface area contributed by atoms with E-state index in [0.717, 1.165) is 0 Å². The zero-order valence-corrected chi connectivity index (χ0v) is 10.00. The van der Waals surface area contributed by atoms with Gasteiger partial charge in [-0.2, -0.15) is 0 Å². The van der Waals surface area contributed by atoms with E-state index in [-0.39, 0.29) is 5.97 Å². The molecule has 3 nitrogen and oxygen atoms in total. The molecule has 0 fully saturated rings. The molecule has 16 heavy (non-hydrogen) atoms. The van der Waals surface area contributed by atoms with Crippen LogP contribution < -0.4 is 4.74 Å². The molecule has 0 saturated heterocycles. The number of ether oxygens (including phenoxy) is 2. The van der Waals surface area contributed by atoms with Gasteiger partial charge in [0.1, 0.15) is 5.75 Å². The van der Waals surface area contributed by atoms with Gasteiger partial charge >= 0.3 is 5.97 Å². The van der Waals surface area contributed by atoms with Crippen LogP contribution in [-0.4, -0.2) is 19.2 Å². The lowest BCUT2D eigenvalue weighted by Crippen LogP contribution is -2.06. The molecule has 1 rings (SSSR count). The molecule has 0 saturated carbocycles. The topological polar surface area (TPSA) is 35.5 Å². The van der Waals surface area contributed by atoms with Gasteiger partial charge in [0.15, 0.2) is 0 Å². The molecule has 0 aromatic heterocycles. The summed E-state index contributed by atoms with van der Waals surface area (Å²) in [5.41, 5.74) is 0. The lowest BCUT2D eigenvalue weighted by molar-refractivity contribution is -0.143. The van der Waals surface area contributed by atoms with Gasteiger partial charge in [-0.1, -0.05) is 23.7 Å². The molecule has 0 heterocycles. The van der Waals surface area contributed by atoms with Crippen molar-refractivity contribution in [3.8, 4) is 5.75 Å². The van der Waals surface area contributed by atoms with Gasteiger partial charge < -0.3 is 9.47 Å². The fraction of sp³-hybridized carbons (Fsp3) is 0.417. The SMILES string of the molecule is CCOC(=O)CCCOc1ccccc1Cl. The maximum absolute atomic E-state index is 11.0. The number of carbonyl (C=O) groups is 1. The number of hydrogen-bond acceptors (Lipinski definition) is 3. The fourth-order valence-corrected chi connectivity index (χ4v) is 1.38. The summed E-state index contributed by atoms with van der Waals surface area (Å²) in [7, 11) is 0. The lowest BCUT2D eigenvalue weighted by Gasteiger charge is -2.07. The molecule has 0 aliphatic rings. The van der Waals surface area contributed by atoms with Crippen LogP contribution in [0.4, 0.5) is 0 Å². The van der Waals surface area contributed by atoms with Crippen molar-refractivity contribution in [1.82, 2.24) is 0 Å². The van der Waals surface area contributed by atoms with E-state index in [1.54, 1.807) is 19.1 Å². The Kier molecular flexibility index (Phi) is 5.72. The van der Waals surface area contributed by atoms with E-state index in [0.29, 0.717) is 36.8 Å². The first-order valence-electron chi connectivity index (χ1n) is 5.27. The first-order chi connectivity index (χ1) is 7.74. The minimum absolute atomic E-state index is 0.190. The molecule has 0 bridgehead atoms. The molecule has 0 aliphatic heterocycles. The maximum atomic E-state index is 11.0. The van der Waals surface area contributed by atoms with Gasteiger partial charge in [-0.3, -0.25) is 4.79 Å². The van der Waals surface area contributed by atoms with Crippen LogP contribution in [0.2, 0.25) is 5.02 Å². The Hall–Kier alpha value is -1.22. The van der Waals surface area contributed by atoms with Crippen molar-refractivity contribution in [3.63, 3.8) is 0 Å². The Labute approximate surface area is 100 Å². The van der Waals surface area contributed by atoms with E-state index in [2.05, 4.69) is 0 Å². The first kappa shape index (κ1) is 12.8. The van der Waals surface area contributed by atoms with E-state index in [1.165, 1.54) is 0 Å². The highest BCUT2D eigenvalue weighted by molar-refractivity contribution is 6.32. The van der Waals surface area contributed by atoms with Gasteiger partial charge in [0.2, 0.25) is 0 Å². The predicted molar refractivity (Wildman–Crippen MR) is 62.8 cm³/mol. The molecular formula is C12H15ClO3. The van der Waals surface area contributed by atoms with E-state index in [4.69, 9.17) is 21.1 Å². The Morgan fingerprint density at radius 1 is 1.38 bits per heavy atom. The molecule has 0 unspecified atom stereocenters. The zero-order chi connectivity index (χ0) is 11.8. The third-order valence-corrected chi connectivity index (χ3v) is 2.24. The lowest BCUT2D eigenvalue weighted by atomic mass is 10.3. The standard InChI is InChI=1S/C12H15ClO3/c1-2-15-12(14)8-5-9-16-11-7-4-3-6-10(11)13/h3-4,6-7H,2,5,8-9H2,1H3. The summed E-state index contributed by atoms with van der Waals surface area (Å²) >= 11 is 5.90. The van der Waals surface area contributed by atoms with Crippen molar-refractivity contribution < 1.29 is 14.3 Å². The highest BCUT2D eigenvalue weighted by Crippen LogP contribution is 2.23. The van der Waals surface area contributed by atoms with Gasteiger partial charge in [-0.15, -0.1) is 0 Å². The number of para-hydroxylation sites is 1. The fourth-order valence-electron chi connectivity index (χ4n) is 1.19. The Morgan fingerprint density at radius 2 is 2.12 bits per heavy atom. The van der Waals surface area contributed by atoms with Crippen LogP contribution in [0.5, 0.6) is 5.75 Å². The van der Waals surface area contributed by atoms with Crippen molar-refractivity contribution in [2.75, 3.05) is 13.2 Å². The van der Waals surface area contributed by atoms with Crippen molar-refractivity contribution in [2.45, 2.75) is 19.8 Å². The summed E-state index contributed by atoms with van der Waals surface area (Å²) in [5, 5.41) is 0.582. The molecule has 88 valence electrons. The van der Waals surface area contributed by atoms with Gasteiger partial charge in [0, 0.05) is 6.42 Å². The Morgan fingerprint density at radius 3 is 2.81 bits per heavy atom. The van der Waals surface area contributed by atoms with E-state index < -0.39 is 0 Å². The van der Waals surface area contributed by atoms with Gasteiger partial charge in [-0.25, -0.2) is 0 Å². The first-order valence-corrected chi connectivity index (χ1v) is 5.64.